The molecule has 0 fully saturated rings. The summed E-state index contributed by atoms with van der Waals surface area (Å²) in [6.45, 7) is 3.85. The predicted octanol–water partition coefficient (Wildman–Crippen LogP) is 4.25. The molecule has 0 aliphatic rings. The molecular formula is C21H22FN3O2. The van der Waals surface area contributed by atoms with Crippen molar-refractivity contribution in [2.75, 3.05) is 0 Å². The Hall–Kier alpha value is -3.02. The maximum absolute atomic E-state index is 13.8. The topological polar surface area (TPSA) is 68.0 Å². The Balaban J connectivity index is 1.55. The summed E-state index contributed by atoms with van der Waals surface area (Å²) < 4.78 is 19.0. The highest BCUT2D eigenvalue weighted by molar-refractivity contribution is 5.76. The fourth-order valence-corrected chi connectivity index (χ4v) is 2.80. The van der Waals surface area contributed by atoms with Crippen molar-refractivity contribution in [2.24, 2.45) is 0 Å². The third-order valence-electron chi connectivity index (χ3n) is 4.40. The first-order valence-electron chi connectivity index (χ1n) is 9.02. The first-order chi connectivity index (χ1) is 13.1. The molecule has 3 aromatic rings. The standard InChI is InChI=1S/C21H22FN3O2/c1-3-15-8-10-16(11-9-15)21-24-20(27-25-21)13-12-19(26)23-14(2)17-6-4-5-7-18(17)22/h4-11,14H,3,12-13H2,1-2H3,(H,23,26)/t14-/m0/s1. The molecule has 5 nitrogen and oxygen atoms in total. The summed E-state index contributed by atoms with van der Waals surface area (Å²) in [5, 5.41) is 6.76. The number of hydrogen-bond donors (Lipinski definition) is 1. The number of rotatable bonds is 7. The van der Waals surface area contributed by atoms with Crippen LogP contribution in [0.2, 0.25) is 0 Å². The van der Waals surface area contributed by atoms with Crippen molar-refractivity contribution in [3.05, 3.63) is 71.4 Å². The van der Waals surface area contributed by atoms with E-state index in [2.05, 4.69) is 22.4 Å². The predicted molar refractivity (Wildman–Crippen MR) is 100 cm³/mol. The quantitative estimate of drug-likeness (QED) is 0.678. The maximum atomic E-state index is 13.8. The van der Waals surface area contributed by atoms with Crippen LogP contribution in [0.1, 0.15) is 43.3 Å². The Labute approximate surface area is 157 Å². The van der Waals surface area contributed by atoms with Gasteiger partial charge in [0.1, 0.15) is 5.82 Å². The van der Waals surface area contributed by atoms with Gasteiger partial charge in [-0.15, -0.1) is 0 Å². The van der Waals surface area contributed by atoms with Crippen LogP contribution in [-0.2, 0) is 17.6 Å². The summed E-state index contributed by atoms with van der Waals surface area (Å²) in [5.74, 6) is 0.379. The number of halogens is 1. The van der Waals surface area contributed by atoms with Gasteiger partial charge in [0.15, 0.2) is 0 Å². The Bertz CT molecular complexity index is 906. The lowest BCUT2D eigenvalue weighted by Gasteiger charge is -2.14. The first-order valence-corrected chi connectivity index (χ1v) is 9.02. The first kappa shape index (κ1) is 18.8. The van der Waals surface area contributed by atoms with Crippen molar-refractivity contribution in [1.29, 1.82) is 0 Å². The van der Waals surface area contributed by atoms with Crippen LogP contribution in [-0.4, -0.2) is 16.0 Å². The molecule has 1 heterocycles. The molecule has 0 radical (unpaired) electrons. The van der Waals surface area contributed by atoms with E-state index in [1.807, 2.05) is 24.3 Å². The highest BCUT2D eigenvalue weighted by Crippen LogP contribution is 2.18. The molecule has 1 atom stereocenters. The van der Waals surface area contributed by atoms with Crippen LogP contribution < -0.4 is 5.32 Å². The third-order valence-corrected chi connectivity index (χ3v) is 4.40. The molecule has 0 aliphatic heterocycles. The van der Waals surface area contributed by atoms with Crippen molar-refractivity contribution in [1.82, 2.24) is 15.5 Å². The monoisotopic (exact) mass is 367 g/mol. The van der Waals surface area contributed by atoms with E-state index < -0.39 is 6.04 Å². The molecule has 0 bridgehead atoms. The number of hydrogen-bond acceptors (Lipinski definition) is 4. The fraction of sp³-hybridized carbons (Fsp3) is 0.286. The SMILES string of the molecule is CCc1ccc(-c2noc(CCC(=O)N[C@@H](C)c3ccccc3F)n2)cc1. The van der Waals surface area contributed by atoms with Gasteiger partial charge in [0, 0.05) is 24.0 Å². The van der Waals surface area contributed by atoms with Crippen LogP contribution in [0.15, 0.2) is 53.1 Å². The molecule has 1 aromatic heterocycles. The van der Waals surface area contributed by atoms with Crippen molar-refractivity contribution in [2.45, 2.75) is 39.2 Å². The van der Waals surface area contributed by atoms with Gasteiger partial charge in [-0.05, 0) is 25.0 Å². The average molecular weight is 367 g/mol. The normalized spacial score (nSPS) is 12.0. The molecular weight excluding hydrogens is 345 g/mol. The van der Waals surface area contributed by atoms with Crippen LogP contribution in [0.4, 0.5) is 4.39 Å². The second-order valence-corrected chi connectivity index (χ2v) is 6.37. The minimum atomic E-state index is -0.408. The molecule has 0 spiro atoms. The smallest absolute Gasteiger partial charge is 0.227 e. The molecule has 2 aromatic carbocycles. The zero-order valence-electron chi connectivity index (χ0n) is 15.4. The highest BCUT2D eigenvalue weighted by atomic mass is 19.1. The minimum Gasteiger partial charge on any atom is -0.349 e. The van der Waals surface area contributed by atoms with E-state index in [-0.39, 0.29) is 18.1 Å². The lowest BCUT2D eigenvalue weighted by molar-refractivity contribution is -0.121. The summed E-state index contributed by atoms with van der Waals surface area (Å²) in [5.41, 5.74) is 2.57. The molecule has 0 aliphatic carbocycles. The molecule has 0 saturated carbocycles. The Morgan fingerprint density at radius 1 is 1.19 bits per heavy atom. The third kappa shape index (κ3) is 4.78. The molecule has 6 heteroatoms. The Morgan fingerprint density at radius 3 is 2.63 bits per heavy atom. The lowest BCUT2D eigenvalue weighted by atomic mass is 10.1. The maximum Gasteiger partial charge on any atom is 0.227 e. The molecule has 27 heavy (non-hydrogen) atoms. The summed E-state index contributed by atoms with van der Waals surface area (Å²) in [6, 6.07) is 14.0. The minimum absolute atomic E-state index is 0.190. The number of aromatic nitrogens is 2. The van der Waals surface area contributed by atoms with Crippen molar-refractivity contribution < 1.29 is 13.7 Å². The zero-order chi connectivity index (χ0) is 19.2. The van der Waals surface area contributed by atoms with Gasteiger partial charge in [0.25, 0.3) is 0 Å². The van der Waals surface area contributed by atoms with Gasteiger partial charge in [-0.3, -0.25) is 4.79 Å². The van der Waals surface area contributed by atoms with Crippen molar-refractivity contribution in [3.63, 3.8) is 0 Å². The molecule has 0 saturated heterocycles. The van der Waals surface area contributed by atoms with Crippen LogP contribution in [0.3, 0.4) is 0 Å². The van der Waals surface area contributed by atoms with E-state index in [0.29, 0.717) is 23.7 Å². The van der Waals surface area contributed by atoms with Gasteiger partial charge in [-0.25, -0.2) is 4.39 Å². The zero-order valence-corrected chi connectivity index (χ0v) is 15.4. The summed E-state index contributed by atoms with van der Waals surface area (Å²) in [7, 11) is 0. The highest BCUT2D eigenvalue weighted by Gasteiger charge is 2.15. The van der Waals surface area contributed by atoms with E-state index in [1.54, 1.807) is 25.1 Å². The number of amides is 1. The molecule has 1 amide bonds. The van der Waals surface area contributed by atoms with Gasteiger partial charge >= 0.3 is 0 Å². The van der Waals surface area contributed by atoms with Crippen LogP contribution in [0.5, 0.6) is 0 Å². The second kappa shape index (κ2) is 8.58. The van der Waals surface area contributed by atoms with Gasteiger partial charge in [-0.2, -0.15) is 4.98 Å². The van der Waals surface area contributed by atoms with Crippen LogP contribution in [0, 0.1) is 5.82 Å². The number of carbonyl (C=O) groups excluding carboxylic acids is 1. The van der Waals surface area contributed by atoms with E-state index in [9.17, 15) is 9.18 Å². The molecule has 140 valence electrons. The fourth-order valence-electron chi connectivity index (χ4n) is 2.80. The average Bonchev–Trinajstić information content (AvgIpc) is 3.16. The number of nitrogens with one attached hydrogen (secondary N) is 1. The molecule has 0 unspecified atom stereocenters. The van der Waals surface area contributed by atoms with E-state index >= 15 is 0 Å². The van der Waals surface area contributed by atoms with E-state index in [0.717, 1.165) is 12.0 Å². The number of benzene rings is 2. The molecule has 1 N–H and O–H groups in total. The Morgan fingerprint density at radius 2 is 1.93 bits per heavy atom. The summed E-state index contributed by atoms with van der Waals surface area (Å²) in [4.78, 5) is 16.5. The van der Waals surface area contributed by atoms with E-state index in [4.69, 9.17) is 4.52 Å². The van der Waals surface area contributed by atoms with E-state index in [1.165, 1.54) is 11.6 Å². The number of nitrogens with zero attached hydrogens (tertiary/aromatic N) is 2. The summed E-state index contributed by atoms with van der Waals surface area (Å²) >= 11 is 0. The van der Waals surface area contributed by atoms with Crippen molar-refractivity contribution in [3.8, 4) is 11.4 Å². The summed E-state index contributed by atoms with van der Waals surface area (Å²) in [6.07, 6.45) is 1.49. The van der Waals surface area contributed by atoms with Crippen LogP contribution >= 0.6 is 0 Å². The van der Waals surface area contributed by atoms with Gasteiger partial charge in [0.05, 0.1) is 6.04 Å². The van der Waals surface area contributed by atoms with Crippen molar-refractivity contribution >= 4 is 5.91 Å². The largest absolute Gasteiger partial charge is 0.349 e. The van der Waals surface area contributed by atoms with Gasteiger partial charge < -0.3 is 9.84 Å². The lowest BCUT2D eigenvalue weighted by Crippen LogP contribution is -2.27. The second-order valence-electron chi connectivity index (χ2n) is 6.37. The Kier molecular flexibility index (Phi) is 5.96. The van der Waals surface area contributed by atoms with Gasteiger partial charge in [0.2, 0.25) is 17.6 Å². The van der Waals surface area contributed by atoms with Gasteiger partial charge in [-0.1, -0.05) is 54.5 Å². The molecule has 3 rings (SSSR count). The van der Waals surface area contributed by atoms with Crippen LogP contribution in [0.25, 0.3) is 11.4 Å². The number of carbonyl (C=O) groups is 1. The number of aryl methyl sites for hydroxylation is 2.